The second-order valence-electron chi connectivity index (χ2n) is 10.5. The molecule has 212 valence electrons. The monoisotopic (exact) mass is 559 g/mol. The first kappa shape index (κ1) is 27.9. The van der Waals surface area contributed by atoms with Crippen LogP contribution >= 0.6 is 0 Å². The second-order valence-corrected chi connectivity index (χ2v) is 10.5. The molecular formula is C30H29N3O8. The average Bonchev–Trinajstić information content (AvgIpc) is 2.93. The minimum absolute atomic E-state index is 0.0397. The molecule has 0 saturated heterocycles. The predicted molar refractivity (Wildman–Crippen MR) is 145 cm³/mol. The van der Waals surface area contributed by atoms with Crippen molar-refractivity contribution in [1.82, 2.24) is 5.32 Å². The van der Waals surface area contributed by atoms with Crippen LogP contribution in [0.2, 0.25) is 0 Å². The van der Waals surface area contributed by atoms with Gasteiger partial charge in [-0.1, -0.05) is 12.1 Å². The molecule has 0 aromatic heterocycles. The van der Waals surface area contributed by atoms with Crippen molar-refractivity contribution in [3.05, 3.63) is 69.7 Å². The minimum Gasteiger partial charge on any atom is -0.511 e. The van der Waals surface area contributed by atoms with Gasteiger partial charge in [-0.25, -0.2) is 0 Å². The SMILES string of the molecule is COc1ccc(CNCCC#N)cc1-c1ccc(O)c2c1C[C@H]1C[C@H]3CC(O)=C(C(N)=O)C(=O)[C@@]3(O)C(O)=C1C2=O. The van der Waals surface area contributed by atoms with E-state index in [1.165, 1.54) is 13.2 Å². The Hall–Kier alpha value is -4.66. The molecule has 3 aliphatic rings. The number of aliphatic hydroxyl groups excluding tert-OH is 2. The van der Waals surface area contributed by atoms with Gasteiger partial charge >= 0.3 is 0 Å². The Kier molecular flexibility index (Phi) is 7.07. The summed E-state index contributed by atoms with van der Waals surface area (Å²) < 4.78 is 5.61. The van der Waals surface area contributed by atoms with E-state index < -0.39 is 52.0 Å². The van der Waals surface area contributed by atoms with Crippen LogP contribution in [0.25, 0.3) is 11.1 Å². The Morgan fingerprint density at radius 1 is 1.17 bits per heavy atom. The number of amides is 1. The van der Waals surface area contributed by atoms with Gasteiger partial charge in [-0.05, 0) is 53.6 Å². The van der Waals surface area contributed by atoms with Crippen LogP contribution < -0.4 is 15.8 Å². The number of primary amides is 1. The Bertz CT molecular complexity index is 1600. The zero-order valence-electron chi connectivity index (χ0n) is 22.2. The smallest absolute Gasteiger partial charge is 0.255 e. The molecule has 1 amide bonds. The number of ether oxygens (including phenoxy) is 1. The molecule has 11 nitrogen and oxygen atoms in total. The summed E-state index contributed by atoms with van der Waals surface area (Å²) >= 11 is 0. The largest absolute Gasteiger partial charge is 0.511 e. The topological polar surface area (TPSA) is 203 Å². The highest BCUT2D eigenvalue weighted by Gasteiger charge is 2.59. The van der Waals surface area contributed by atoms with Crippen molar-refractivity contribution in [3.8, 4) is 28.7 Å². The number of fused-ring (bicyclic) bond motifs is 3. The molecule has 0 heterocycles. The van der Waals surface area contributed by atoms with E-state index in [0.29, 0.717) is 42.0 Å². The van der Waals surface area contributed by atoms with Crippen molar-refractivity contribution in [2.75, 3.05) is 13.7 Å². The van der Waals surface area contributed by atoms with E-state index in [0.717, 1.165) is 5.56 Å². The van der Waals surface area contributed by atoms with Gasteiger partial charge in [0.05, 0.1) is 18.7 Å². The molecule has 5 rings (SSSR count). The summed E-state index contributed by atoms with van der Waals surface area (Å²) in [5.74, 6) is -6.20. The first-order chi connectivity index (χ1) is 19.5. The summed E-state index contributed by atoms with van der Waals surface area (Å²) in [5, 5.41) is 55.8. The van der Waals surface area contributed by atoms with Crippen molar-refractivity contribution in [2.24, 2.45) is 17.6 Å². The summed E-state index contributed by atoms with van der Waals surface area (Å²) in [6, 6.07) is 10.7. The lowest BCUT2D eigenvalue weighted by Gasteiger charge is -2.45. The van der Waals surface area contributed by atoms with Gasteiger partial charge in [-0.3, -0.25) is 14.4 Å². The average molecular weight is 560 g/mol. The standard InChI is InChI=1S/C30H29N3O8/c1-41-22-6-3-14(13-33-8-2-7-31)9-18(22)17-4-5-20(34)24-19(17)11-15-10-16-12-21(35)25(29(32)39)28(38)30(16,40)27(37)23(15)26(24)36/h3-6,9,15-16,33-35,37,40H,2,8,10-13H2,1H3,(H2,32,39)/t15-,16+,30+/m1/s1. The molecule has 0 saturated carbocycles. The van der Waals surface area contributed by atoms with E-state index in [9.17, 15) is 34.8 Å². The fourth-order valence-corrected chi connectivity index (χ4v) is 6.32. The highest BCUT2D eigenvalue weighted by atomic mass is 16.5. The Labute approximate surface area is 235 Å². The van der Waals surface area contributed by atoms with Gasteiger partial charge in [0.1, 0.15) is 28.6 Å². The van der Waals surface area contributed by atoms with Crippen LogP contribution in [-0.2, 0) is 22.6 Å². The van der Waals surface area contributed by atoms with Crippen molar-refractivity contribution >= 4 is 17.5 Å². The Morgan fingerprint density at radius 3 is 2.61 bits per heavy atom. The molecular weight excluding hydrogens is 530 g/mol. The van der Waals surface area contributed by atoms with Gasteiger partial charge < -0.3 is 36.2 Å². The van der Waals surface area contributed by atoms with Crippen molar-refractivity contribution in [1.29, 1.82) is 5.26 Å². The summed E-state index contributed by atoms with van der Waals surface area (Å²) in [7, 11) is 1.52. The number of benzene rings is 2. The predicted octanol–water partition coefficient (Wildman–Crippen LogP) is 2.26. The number of phenols is 1. The van der Waals surface area contributed by atoms with Crippen LogP contribution in [0.5, 0.6) is 11.5 Å². The number of hydrogen-bond acceptors (Lipinski definition) is 10. The van der Waals surface area contributed by atoms with Crippen LogP contribution in [0.15, 0.2) is 53.0 Å². The molecule has 0 radical (unpaired) electrons. The number of carbonyl (C=O) groups is 3. The molecule has 2 aromatic carbocycles. The summed E-state index contributed by atoms with van der Waals surface area (Å²) in [6.45, 7) is 1.00. The van der Waals surface area contributed by atoms with Gasteiger partial charge in [-0.2, -0.15) is 5.26 Å². The number of nitrogens with two attached hydrogens (primary N) is 1. The zero-order chi connectivity index (χ0) is 29.6. The molecule has 3 aliphatic carbocycles. The third-order valence-corrected chi connectivity index (χ3v) is 8.24. The second kappa shape index (κ2) is 10.4. The van der Waals surface area contributed by atoms with E-state index in [2.05, 4.69) is 11.4 Å². The molecule has 2 aromatic rings. The number of methoxy groups -OCH3 is 1. The Balaban J connectivity index is 1.62. The first-order valence-electron chi connectivity index (χ1n) is 13.1. The van der Waals surface area contributed by atoms with Crippen LogP contribution in [0.1, 0.15) is 40.7 Å². The lowest BCUT2D eigenvalue weighted by atomic mass is 9.60. The first-order valence-corrected chi connectivity index (χ1v) is 13.1. The van der Waals surface area contributed by atoms with E-state index in [-0.39, 0.29) is 36.1 Å². The van der Waals surface area contributed by atoms with Crippen LogP contribution in [-0.4, -0.2) is 57.2 Å². The quantitative estimate of drug-likeness (QED) is 0.216. The number of aromatic hydroxyl groups is 1. The third kappa shape index (κ3) is 4.32. The summed E-state index contributed by atoms with van der Waals surface area (Å²) in [6.07, 6.45) is 0.278. The molecule has 3 atom stereocenters. The van der Waals surface area contributed by atoms with Gasteiger partial charge in [0.25, 0.3) is 5.91 Å². The zero-order valence-corrected chi connectivity index (χ0v) is 22.2. The molecule has 0 aliphatic heterocycles. The van der Waals surface area contributed by atoms with Gasteiger partial charge in [-0.15, -0.1) is 0 Å². The molecule has 0 bridgehead atoms. The highest BCUT2D eigenvalue weighted by Crippen LogP contribution is 2.52. The van der Waals surface area contributed by atoms with Gasteiger partial charge in [0, 0.05) is 43.0 Å². The number of nitriles is 1. The van der Waals surface area contributed by atoms with E-state index in [4.69, 9.17) is 15.7 Å². The molecule has 0 unspecified atom stereocenters. The lowest BCUT2D eigenvalue weighted by molar-refractivity contribution is -0.144. The number of nitrogens with one attached hydrogen (secondary N) is 1. The van der Waals surface area contributed by atoms with E-state index in [1.54, 1.807) is 12.1 Å². The number of hydrogen-bond donors (Lipinski definition) is 6. The number of rotatable bonds is 7. The number of Topliss-reactive ketones (excluding diaryl/α,β-unsaturated/α-hetero) is 2. The van der Waals surface area contributed by atoms with E-state index >= 15 is 0 Å². The number of nitrogens with zero attached hydrogens (tertiary/aromatic N) is 1. The minimum atomic E-state index is -2.61. The third-order valence-electron chi connectivity index (χ3n) is 8.24. The molecule has 0 spiro atoms. The molecule has 0 fully saturated rings. The molecule has 41 heavy (non-hydrogen) atoms. The van der Waals surface area contributed by atoms with E-state index in [1.807, 2.05) is 12.1 Å². The van der Waals surface area contributed by atoms with Gasteiger partial charge in [0.15, 0.2) is 11.4 Å². The number of ketones is 2. The summed E-state index contributed by atoms with van der Waals surface area (Å²) in [5.41, 5.74) is 4.24. The molecule has 7 N–H and O–H groups in total. The maximum Gasteiger partial charge on any atom is 0.255 e. The maximum atomic E-state index is 13.9. The fraction of sp³-hybridized carbons (Fsp3) is 0.333. The lowest BCUT2D eigenvalue weighted by Crippen LogP contribution is -2.57. The number of carbonyl (C=O) groups excluding carboxylic acids is 3. The highest BCUT2D eigenvalue weighted by molar-refractivity contribution is 6.24. The van der Waals surface area contributed by atoms with Crippen molar-refractivity contribution < 1.29 is 39.5 Å². The van der Waals surface area contributed by atoms with Crippen molar-refractivity contribution in [2.45, 2.75) is 37.8 Å². The van der Waals surface area contributed by atoms with Crippen molar-refractivity contribution in [3.63, 3.8) is 0 Å². The van der Waals surface area contributed by atoms with Crippen LogP contribution in [0, 0.1) is 23.2 Å². The number of phenolic OH excluding ortho intramolecular Hbond substituents is 1. The molecule has 11 heteroatoms. The number of allylic oxidation sites excluding steroid dienone is 2. The summed E-state index contributed by atoms with van der Waals surface area (Å²) in [4.78, 5) is 38.8. The van der Waals surface area contributed by atoms with Crippen LogP contribution in [0.4, 0.5) is 0 Å². The maximum absolute atomic E-state index is 13.9. The Morgan fingerprint density at radius 2 is 1.93 bits per heavy atom. The normalized spacial score (nSPS) is 23.4. The number of aliphatic hydroxyl groups is 3. The van der Waals surface area contributed by atoms with Crippen LogP contribution in [0.3, 0.4) is 0 Å². The van der Waals surface area contributed by atoms with Gasteiger partial charge in [0.2, 0.25) is 5.78 Å². The fourth-order valence-electron chi connectivity index (χ4n) is 6.32.